The second kappa shape index (κ2) is 5.35. The summed E-state index contributed by atoms with van der Waals surface area (Å²) < 4.78 is 18.6. The van der Waals surface area contributed by atoms with Crippen molar-refractivity contribution in [2.75, 3.05) is 7.11 Å². The van der Waals surface area contributed by atoms with Gasteiger partial charge in [0, 0.05) is 22.5 Å². The van der Waals surface area contributed by atoms with Crippen LogP contribution in [0.3, 0.4) is 0 Å². The number of methoxy groups -OCH3 is 1. The number of rotatable bonds is 2. The molecule has 2 aliphatic heterocycles. The molecular formula is C15H17BrFNO2. The molecule has 2 saturated heterocycles. The Hall–Kier alpha value is -1.10. The van der Waals surface area contributed by atoms with E-state index in [1.165, 1.54) is 19.2 Å². The Morgan fingerprint density at radius 3 is 2.55 bits per heavy atom. The van der Waals surface area contributed by atoms with Crippen molar-refractivity contribution in [3.05, 3.63) is 29.6 Å². The summed E-state index contributed by atoms with van der Waals surface area (Å²) in [6.07, 6.45) is 4.08. The predicted octanol–water partition coefficient (Wildman–Crippen LogP) is 3.36. The van der Waals surface area contributed by atoms with Gasteiger partial charge in [0.1, 0.15) is 0 Å². The molecule has 2 bridgehead atoms. The fraction of sp³-hybridized carbons (Fsp3) is 0.533. The number of alkyl halides is 1. The molecule has 1 amide bonds. The fourth-order valence-electron chi connectivity index (χ4n) is 3.39. The maximum absolute atomic E-state index is 13.7. The lowest BCUT2D eigenvalue weighted by atomic mass is 10.0. The largest absolute Gasteiger partial charge is 0.494 e. The molecular weight excluding hydrogens is 325 g/mol. The first kappa shape index (κ1) is 13.9. The van der Waals surface area contributed by atoms with E-state index in [9.17, 15) is 9.18 Å². The van der Waals surface area contributed by atoms with E-state index in [1.54, 1.807) is 6.07 Å². The van der Waals surface area contributed by atoms with Gasteiger partial charge < -0.3 is 9.64 Å². The summed E-state index contributed by atoms with van der Waals surface area (Å²) in [7, 11) is 1.42. The molecule has 5 heteroatoms. The molecule has 0 aliphatic carbocycles. The zero-order valence-corrected chi connectivity index (χ0v) is 12.9. The third kappa shape index (κ3) is 2.32. The lowest BCUT2D eigenvalue weighted by molar-refractivity contribution is 0.0603. The second-order valence-corrected chi connectivity index (χ2v) is 6.81. The molecule has 1 aromatic carbocycles. The van der Waals surface area contributed by atoms with E-state index >= 15 is 0 Å². The van der Waals surface area contributed by atoms with E-state index in [-0.39, 0.29) is 23.7 Å². The lowest BCUT2D eigenvalue weighted by Crippen LogP contribution is -2.46. The van der Waals surface area contributed by atoms with Crippen molar-refractivity contribution in [2.45, 2.75) is 42.6 Å². The van der Waals surface area contributed by atoms with Gasteiger partial charge in [0.25, 0.3) is 5.91 Å². The minimum absolute atomic E-state index is 0.0570. The predicted molar refractivity (Wildman–Crippen MR) is 77.9 cm³/mol. The van der Waals surface area contributed by atoms with Crippen molar-refractivity contribution < 1.29 is 13.9 Å². The normalized spacial score (nSPS) is 28.6. The van der Waals surface area contributed by atoms with Crippen LogP contribution < -0.4 is 4.74 Å². The summed E-state index contributed by atoms with van der Waals surface area (Å²) in [5.74, 6) is -0.372. The van der Waals surface area contributed by atoms with Crippen LogP contribution in [0.4, 0.5) is 4.39 Å². The highest BCUT2D eigenvalue weighted by molar-refractivity contribution is 9.09. The highest BCUT2D eigenvalue weighted by atomic mass is 79.9. The van der Waals surface area contributed by atoms with Crippen LogP contribution in [0.2, 0.25) is 0 Å². The van der Waals surface area contributed by atoms with E-state index in [4.69, 9.17) is 4.74 Å². The Balaban J connectivity index is 1.84. The van der Waals surface area contributed by atoms with Crippen LogP contribution in [-0.4, -0.2) is 34.8 Å². The summed E-state index contributed by atoms with van der Waals surface area (Å²) in [5.41, 5.74) is 0.410. The van der Waals surface area contributed by atoms with E-state index in [0.717, 1.165) is 25.7 Å². The number of carbonyl (C=O) groups is 1. The molecule has 0 saturated carbocycles. The van der Waals surface area contributed by atoms with Crippen LogP contribution in [0.15, 0.2) is 18.2 Å². The SMILES string of the molecule is COc1ccc(C(=O)N2C3CCC2CC(Br)C3)cc1F. The van der Waals surface area contributed by atoms with Crippen LogP contribution in [0.5, 0.6) is 5.75 Å². The molecule has 0 radical (unpaired) electrons. The average Bonchev–Trinajstić information content (AvgIpc) is 2.70. The number of hydrogen-bond acceptors (Lipinski definition) is 2. The van der Waals surface area contributed by atoms with Gasteiger partial charge in [0.2, 0.25) is 0 Å². The van der Waals surface area contributed by atoms with E-state index in [0.29, 0.717) is 10.4 Å². The van der Waals surface area contributed by atoms with Gasteiger partial charge in [-0.3, -0.25) is 4.79 Å². The zero-order chi connectivity index (χ0) is 14.3. The number of benzene rings is 1. The fourth-order valence-corrected chi connectivity index (χ4v) is 4.25. The first-order valence-corrected chi connectivity index (χ1v) is 7.82. The Bertz CT molecular complexity index is 523. The standard InChI is InChI=1S/C15H17BrFNO2/c1-20-14-5-2-9(6-13(14)17)15(19)18-11-3-4-12(18)8-10(16)7-11/h2,5-6,10-12H,3-4,7-8H2,1H3. The van der Waals surface area contributed by atoms with Crippen LogP contribution in [0, 0.1) is 5.82 Å². The molecule has 1 aromatic rings. The molecule has 0 aromatic heterocycles. The minimum atomic E-state index is -0.485. The maximum atomic E-state index is 13.7. The molecule has 2 heterocycles. The number of carbonyl (C=O) groups excluding carboxylic acids is 1. The van der Waals surface area contributed by atoms with E-state index < -0.39 is 5.82 Å². The molecule has 2 atom stereocenters. The van der Waals surface area contributed by atoms with Crippen LogP contribution in [0.1, 0.15) is 36.0 Å². The summed E-state index contributed by atoms with van der Waals surface area (Å²) >= 11 is 3.66. The molecule has 3 nitrogen and oxygen atoms in total. The topological polar surface area (TPSA) is 29.5 Å². The number of fused-ring (bicyclic) bond motifs is 2. The Morgan fingerprint density at radius 1 is 1.35 bits per heavy atom. The van der Waals surface area contributed by atoms with Crippen molar-refractivity contribution in [3.8, 4) is 5.75 Å². The van der Waals surface area contributed by atoms with Gasteiger partial charge in [-0.05, 0) is 43.9 Å². The second-order valence-electron chi connectivity index (χ2n) is 5.52. The minimum Gasteiger partial charge on any atom is -0.494 e. The molecule has 2 aliphatic rings. The zero-order valence-electron chi connectivity index (χ0n) is 11.3. The van der Waals surface area contributed by atoms with E-state index in [1.807, 2.05) is 4.90 Å². The average molecular weight is 342 g/mol. The number of amides is 1. The summed E-state index contributed by atoms with van der Waals surface area (Å²) in [5, 5.41) is 0. The summed E-state index contributed by atoms with van der Waals surface area (Å²) in [6.45, 7) is 0. The van der Waals surface area contributed by atoms with Crippen LogP contribution in [0.25, 0.3) is 0 Å². The molecule has 0 N–H and O–H groups in total. The summed E-state index contributed by atoms with van der Waals surface area (Å²) in [4.78, 5) is 15.1. The first-order valence-electron chi connectivity index (χ1n) is 6.90. The van der Waals surface area contributed by atoms with Gasteiger partial charge >= 0.3 is 0 Å². The van der Waals surface area contributed by atoms with Gasteiger partial charge in [-0.1, -0.05) is 15.9 Å². The van der Waals surface area contributed by atoms with Crippen LogP contribution in [-0.2, 0) is 0 Å². The molecule has 108 valence electrons. The van der Waals surface area contributed by atoms with Gasteiger partial charge in [0.15, 0.2) is 11.6 Å². The highest BCUT2D eigenvalue weighted by Crippen LogP contribution is 2.39. The van der Waals surface area contributed by atoms with Crippen molar-refractivity contribution in [1.29, 1.82) is 0 Å². The Kier molecular flexibility index (Phi) is 3.71. The summed E-state index contributed by atoms with van der Waals surface area (Å²) in [6, 6.07) is 5.01. The first-order chi connectivity index (χ1) is 9.60. The van der Waals surface area contributed by atoms with Crippen molar-refractivity contribution in [1.82, 2.24) is 4.90 Å². The molecule has 3 rings (SSSR count). The number of ether oxygens (including phenoxy) is 1. The van der Waals surface area contributed by atoms with Crippen molar-refractivity contribution in [3.63, 3.8) is 0 Å². The van der Waals surface area contributed by atoms with Crippen molar-refractivity contribution >= 4 is 21.8 Å². The number of hydrogen-bond donors (Lipinski definition) is 0. The molecule has 2 unspecified atom stereocenters. The van der Waals surface area contributed by atoms with Gasteiger partial charge in [0.05, 0.1) is 7.11 Å². The van der Waals surface area contributed by atoms with Gasteiger partial charge in [-0.15, -0.1) is 0 Å². The van der Waals surface area contributed by atoms with Gasteiger partial charge in [-0.2, -0.15) is 0 Å². The number of nitrogens with zero attached hydrogens (tertiary/aromatic N) is 1. The lowest BCUT2D eigenvalue weighted by Gasteiger charge is -2.37. The smallest absolute Gasteiger partial charge is 0.254 e. The highest BCUT2D eigenvalue weighted by Gasteiger charge is 2.42. The number of piperidine rings is 1. The Morgan fingerprint density at radius 2 is 2.00 bits per heavy atom. The monoisotopic (exact) mass is 341 g/mol. The third-order valence-electron chi connectivity index (χ3n) is 4.31. The Labute approximate surface area is 126 Å². The molecule has 2 fully saturated rings. The molecule has 20 heavy (non-hydrogen) atoms. The number of halogens is 2. The van der Waals surface area contributed by atoms with Gasteiger partial charge in [-0.25, -0.2) is 4.39 Å². The van der Waals surface area contributed by atoms with Crippen LogP contribution >= 0.6 is 15.9 Å². The van der Waals surface area contributed by atoms with E-state index in [2.05, 4.69) is 15.9 Å². The quantitative estimate of drug-likeness (QED) is 0.772. The third-order valence-corrected chi connectivity index (χ3v) is 5.06. The maximum Gasteiger partial charge on any atom is 0.254 e. The van der Waals surface area contributed by atoms with Crippen molar-refractivity contribution in [2.24, 2.45) is 0 Å². The molecule has 0 spiro atoms.